The minimum Gasteiger partial charge on any atom is -0.478 e. The summed E-state index contributed by atoms with van der Waals surface area (Å²) >= 11 is 2.81. The summed E-state index contributed by atoms with van der Waals surface area (Å²) in [5.41, 5.74) is -0.311. The van der Waals surface area contributed by atoms with Gasteiger partial charge in [-0.05, 0) is 34.5 Å². The lowest BCUT2D eigenvalue weighted by atomic mass is 10.1. The SMILES string of the molecule is Cc1cc(C(=O)O)c(F)c(F)c1Br. The second-order valence-electron chi connectivity index (χ2n) is 2.49. The molecule has 70 valence electrons. The average Bonchev–Trinajstić information content (AvgIpc) is 2.07. The van der Waals surface area contributed by atoms with E-state index in [-0.39, 0.29) is 4.47 Å². The fourth-order valence-electron chi connectivity index (χ4n) is 0.887. The first kappa shape index (κ1) is 10.1. The molecule has 0 heterocycles. The molecule has 0 aliphatic rings. The van der Waals surface area contributed by atoms with Gasteiger partial charge in [0.15, 0.2) is 11.6 Å². The van der Waals surface area contributed by atoms with E-state index in [4.69, 9.17) is 5.11 Å². The maximum atomic E-state index is 12.9. The highest BCUT2D eigenvalue weighted by Gasteiger charge is 2.18. The standard InChI is InChI=1S/C8H5BrF2O2/c1-3-2-4(8(12)13)6(10)7(11)5(3)9/h2H,1H3,(H,12,13). The number of aromatic carboxylic acids is 1. The number of halogens is 3. The van der Waals surface area contributed by atoms with Gasteiger partial charge in [0.2, 0.25) is 0 Å². The van der Waals surface area contributed by atoms with Crippen molar-refractivity contribution in [2.75, 3.05) is 0 Å². The minimum absolute atomic E-state index is 0.0463. The summed E-state index contributed by atoms with van der Waals surface area (Å²) in [7, 11) is 0. The van der Waals surface area contributed by atoms with Crippen molar-refractivity contribution in [3.05, 3.63) is 33.3 Å². The van der Waals surface area contributed by atoms with Crippen LogP contribution in [0.25, 0.3) is 0 Å². The summed E-state index contributed by atoms with van der Waals surface area (Å²) in [6, 6.07) is 1.07. The number of benzene rings is 1. The summed E-state index contributed by atoms with van der Waals surface area (Å²) in [5.74, 6) is -3.99. The van der Waals surface area contributed by atoms with Crippen molar-refractivity contribution < 1.29 is 18.7 Å². The predicted octanol–water partition coefficient (Wildman–Crippen LogP) is 2.73. The van der Waals surface area contributed by atoms with E-state index in [0.29, 0.717) is 5.56 Å². The lowest BCUT2D eigenvalue weighted by Gasteiger charge is -2.03. The fraction of sp³-hybridized carbons (Fsp3) is 0.125. The van der Waals surface area contributed by atoms with Crippen LogP contribution in [0.4, 0.5) is 8.78 Å². The van der Waals surface area contributed by atoms with Crippen molar-refractivity contribution in [2.24, 2.45) is 0 Å². The highest BCUT2D eigenvalue weighted by molar-refractivity contribution is 9.10. The Morgan fingerprint density at radius 1 is 1.46 bits per heavy atom. The lowest BCUT2D eigenvalue weighted by Crippen LogP contribution is -2.04. The van der Waals surface area contributed by atoms with Crippen LogP contribution >= 0.6 is 15.9 Å². The van der Waals surface area contributed by atoms with Crippen LogP contribution in [-0.4, -0.2) is 11.1 Å². The molecule has 0 saturated carbocycles. The summed E-state index contributed by atoms with van der Waals surface area (Å²) in [6.45, 7) is 1.49. The first-order chi connectivity index (χ1) is 5.95. The van der Waals surface area contributed by atoms with Crippen molar-refractivity contribution in [3.63, 3.8) is 0 Å². The Kier molecular flexibility index (Phi) is 2.66. The zero-order chi connectivity index (χ0) is 10.2. The third kappa shape index (κ3) is 1.70. The van der Waals surface area contributed by atoms with Gasteiger partial charge in [-0.1, -0.05) is 0 Å². The number of carboxylic acids is 1. The molecule has 0 saturated heterocycles. The largest absolute Gasteiger partial charge is 0.478 e. The molecular weight excluding hydrogens is 246 g/mol. The van der Waals surface area contributed by atoms with E-state index >= 15 is 0 Å². The van der Waals surface area contributed by atoms with Gasteiger partial charge in [-0.15, -0.1) is 0 Å². The van der Waals surface area contributed by atoms with E-state index < -0.39 is 23.2 Å². The van der Waals surface area contributed by atoms with E-state index in [0.717, 1.165) is 6.07 Å². The van der Waals surface area contributed by atoms with Crippen molar-refractivity contribution in [3.8, 4) is 0 Å². The second-order valence-corrected chi connectivity index (χ2v) is 3.28. The summed E-state index contributed by atoms with van der Waals surface area (Å²) in [6.07, 6.45) is 0. The molecule has 0 atom stereocenters. The molecule has 0 amide bonds. The monoisotopic (exact) mass is 250 g/mol. The molecule has 13 heavy (non-hydrogen) atoms. The molecule has 0 aromatic heterocycles. The Bertz CT molecular complexity index is 377. The molecule has 2 nitrogen and oxygen atoms in total. The van der Waals surface area contributed by atoms with Gasteiger partial charge in [-0.3, -0.25) is 0 Å². The quantitative estimate of drug-likeness (QED) is 0.779. The second kappa shape index (κ2) is 3.41. The molecule has 1 N–H and O–H groups in total. The Morgan fingerprint density at radius 2 is 2.00 bits per heavy atom. The highest BCUT2D eigenvalue weighted by atomic mass is 79.9. The molecule has 1 aromatic rings. The molecule has 5 heteroatoms. The van der Waals surface area contributed by atoms with Crippen LogP contribution in [0.2, 0.25) is 0 Å². The molecule has 1 rings (SSSR count). The number of carboxylic acid groups (broad SMARTS) is 1. The minimum atomic E-state index is -1.48. The van der Waals surface area contributed by atoms with E-state index in [1.54, 1.807) is 0 Å². The van der Waals surface area contributed by atoms with Crippen LogP contribution in [0, 0.1) is 18.6 Å². The van der Waals surface area contributed by atoms with Crippen LogP contribution in [0.3, 0.4) is 0 Å². The number of rotatable bonds is 1. The van der Waals surface area contributed by atoms with Gasteiger partial charge >= 0.3 is 5.97 Å². The zero-order valence-electron chi connectivity index (χ0n) is 6.57. The van der Waals surface area contributed by atoms with E-state index in [9.17, 15) is 13.6 Å². The predicted molar refractivity (Wildman–Crippen MR) is 45.8 cm³/mol. The number of hydrogen-bond donors (Lipinski definition) is 1. The zero-order valence-corrected chi connectivity index (χ0v) is 8.15. The average molecular weight is 251 g/mol. The molecule has 0 fully saturated rings. The first-order valence-corrected chi connectivity index (χ1v) is 4.12. The third-order valence-corrected chi connectivity index (χ3v) is 2.53. The smallest absolute Gasteiger partial charge is 0.338 e. The lowest BCUT2D eigenvalue weighted by molar-refractivity contribution is 0.0690. The summed E-state index contributed by atoms with van der Waals surface area (Å²) in [4.78, 5) is 10.4. The Balaban J connectivity index is 3.50. The van der Waals surface area contributed by atoms with Crippen molar-refractivity contribution in [1.82, 2.24) is 0 Å². The van der Waals surface area contributed by atoms with E-state index in [1.165, 1.54) is 6.92 Å². The van der Waals surface area contributed by atoms with Gasteiger partial charge < -0.3 is 5.11 Å². The van der Waals surface area contributed by atoms with Crippen LogP contribution in [0.15, 0.2) is 10.5 Å². The Labute approximate surface area is 81.3 Å². The van der Waals surface area contributed by atoms with Crippen LogP contribution in [0.1, 0.15) is 15.9 Å². The number of aryl methyl sites for hydroxylation is 1. The van der Waals surface area contributed by atoms with Crippen molar-refractivity contribution >= 4 is 21.9 Å². The Morgan fingerprint density at radius 3 is 2.46 bits per heavy atom. The van der Waals surface area contributed by atoms with Crippen molar-refractivity contribution in [2.45, 2.75) is 6.92 Å². The normalized spacial score (nSPS) is 10.2. The van der Waals surface area contributed by atoms with Crippen molar-refractivity contribution in [1.29, 1.82) is 0 Å². The molecule has 0 spiro atoms. The van der Waals surface area contributed by atoms with Gasteiger partial charge in [-0.2, -0.15) is 0 Å². The summed E-state index contributed by atoms with van der Waals surface area (Å²) in [5, 5.41) is 8.48. The van der Waals surface area contributed by atoms with Gasteiger partial charge in [-0.25, -0.2) is 13.6 Å². The number of carbonyl (C=O) groups is 1. The van der Waals surface area contributed by atoms with Crippen LogP contribution in [0.5, 0.6) is 0 Å². The fourth-order valence-corrected chi connectivity index (χ4v) is 1.18. The first-order valence-electron chi connectivity index (χ1n) is 3.32. The highest BCUT2D eigenvalue weighted by Crippen LogP contribution is 2.25. The van der Waals surface area contributed by atoms with E-state index in [1.807, 2.05) is 0 Å². The molecule has 0 unspecified atom stereocenters. The molecule has 0 radical (unpaired) electrons. The van der Waals surface area contributed by atoms with Gasteiger partial charge in [0.1, 0.15) is 0 Å². The number of hydrogen-bond acceptors (Lipinski definition) is 1. The van der Waals surface area contributed by atoms with Gasteiger partial charge in [0, 0.05) is 0 Å². The van der Waals surface area contributed by atoms with E-state index in [2.05, 4.69) is 15.9 Å². The Hall–Kier alpha value is -0.970. The van der Waals surface area contributed by atoms with Crippen LogP contribution < -0.4 is 0 Å². The molecule has 1 aromatic carbocycles. The van der Waals surface area contributed by atoms with Gasteiger partial charge in [0.25, 0.3) is 0 Å². The molecule has 0 aliphatic carbocycles. The topological polar surface area (TPSA) is 37.3 Å². The maximum absolute atomic E-state index is 12.9. The molecular formula is C8H5BrF2O2. The van der Waals surface area contributed by atoms with Crippen LogP contribution in [-0.2, 0) is 0 Å². The molecule has 0 bridgehead atoms. The maximum Gasteiger partial charge on any atom is 0.338 e. The summed E-state index contributed by atoms with van der Waals surface area (Å²) < 4.78 is 25.8. The van der Waals surface area contributed by atoms with Gasteiger partial charge in [0.05, 0.1) is 10.0 Å². The molecule has 0 aliphatic heterocycles. The third-order valence-electron chi connectivity index (χ3n) is 1.56.